The fraction of sp³-hybridized carbons (Fsp3) is 0.250. The molecule has 0 bridgehead atoms. The van der Waals surface area contributed by atoms with Crippen LogP contribution in [-0.2, 0) is 16.0 Å². The van der Waals surface area contributed by atoms with Crippen molar-refractivity contribution in [1.29, 1.82) is 0 Å². The molecule has 0 unspecified atom stereocenters. The fourth-order valence-corrected chi connectivity index (χ4v) is 3.13. The van der Waals surface area contributed by atoms with Crippen molar-refractivity contribution in [2.75, 3.05) is 16.8 Å². The maximum absolute atomic E-state index is 12.9. The van der Waals surface area contributed by atoms with Gasteiger partial charge >= 0.3 is 0 Å². The largest absolute Gasteiger partial charge is 0.331 e. The second kappa shape index (κ2) is 8.79. The minimum Gasteiger partial charge on any atom is -0.331 e. The molecule has 0 aliphatic carbocycles. The number of anilines is 2. The third-order valence-corrected chi connectivity index (χ3v) is 4.76. The zero-order chi connectivity index (χ0) is 20.1. The summed E-state index contributed by atoms with van der Waals surface area (Å²) in [6.45, 7) is 2.38. The van der Waals surface area contributed by atoms with Crippen molar-refractivity contribution in [1.82, 2.24) is 10.9 Å². The monoisotopic (exact) mass is 400 g/mol. The average Bonchev–Trinajstić information content (AvgIpc) is 3.10. The van der Waals surface area contributed by atoms with Crippen molar-refractivity contribution >= 4 is 40.5 Å². The molecule has 0 saturated carbocycles. The van der Waals surface area contributed by atoms with Gasteiger partial charge < -0.3 is 10.2 Å². The second-order valence-corrected chi connectivity index (χ2v) is 6.91. The highest BCUT2D eigenvalue weighted by atomic mass is 32.1. The number of aryl methyl sites for hydroxylation is 1. The molecule has 1 aliphatic rings. The van der Waals surface area contributed by atoms with E-state index in [-0.39, 0.29) is 29.2 Å². The van der Waals surface area contributed by atoms with Gasteiger partial charge in [0.05, 0.1) is 5.92 Å². The van der Waals surface area contributed by atoms with Crippen LogP contribution in [-0.4, -0.2) is 23.5 Å². The van der Waals surface area contributed by atoms with E-state index in [9.17, 15) is 14.0 Å². The Kier molecular flexibility index (Phi) is 6.20. The lowest BCUT2D eigenvalue weighted by molar-refractivity contribution is -0.126. The number of hydrogen-bond donors (Lipinski definition) is 3. The number of nitrogens with zero attached hydrogens (tertiary/aromatic N) is 1. The average molecular weight is 400 g/mol. The van der Waals surface area contributed by atoms with E-state index in [0.717, 1.165) is 12.1 Å². The lowest BCUT2D eigenvalue weighted by atomic mass is 10.1. The molecule has 0 spiro atoms. The summed E-state index contributed by atoms with van der Waals surface area (Å²) in [6, 6.07) is 13.4. The lowest BCUT2D eigenvalue weighted by Gasteiger charge is -2.17. The summed E-state index contributed by atoms with van der Waals surface area (Å²) in [5, 5.41) is 2.99. The topological polar surface area (TPSA) is 73.5 Å². The first-order chi connectivity index (χ1) is 13.5. The van der Waals surface area contributed by atoms with Crippen LogP contribution >= 0.6 is 12.2 Å². The smallest absolute Gasteiger partial charge is 0.243 e. The van der Waals surface area contributed by atoms with Crippen LogP contribution < -0.4 is 21.1 Å². The number of hydrazine groups is 1. The number of thiocarbonyl (C=S) groups is 1. The Morgan fingerprint density at radius 3 is 2.46 bits per heavy atom. The van der Waals surface area contributed by atoms with Crippen LogP contribution in [0.1, 0.15) is 18.9 Å². The van der Waals surface area contributed by atoms with Gasteiger partial charge in [-0.2, -0.15) is 0 Å². The number of amides is 2. The number of halogens is 1. The number of rotatable bonds is 4. The van der Waals surface area contributed by atoms with Crippen LogP contribution in [0.2, 0.25) is 0 Å². The van der Waals surface area contributed by atoms with E-state index in [1.54, 1.807) is 4.90 Å². The van der Waals surface area contributed by atoms with Gasteiger partial charge in [0.2, 0.25) is 11.8 Å². The number of carbonyl (C=O) groups is 2. The van der Waals surface area contributed by atoms with Crippen LogP contribution in [0.25, 0.3) is 0 Å². The Bertz CT molecular complexity index is 871. The Labute approximate surface area is 168 Å². The highest BCUT2D eigenvalue weighted by Crippen LogP contribution is 2.25. The van der Waals surface area contributed by atoms with E-state index in [1.807, 2.05) is 24.3 Å². The predicted octanol–water partition coefficient (Wildman–Crippen LogP) is 2.76. The molecular weight excluding hydrogens is 379 g/mol. The number of carbonyl (C=O) groups excluding carboxylic acids is 2. The molecule has 2 aromatic carbocycles. The zero-order valence-electron chi connectivity index (χ0n) is 15.4. The van der Waals surface area contributed by atoms with Gasteiger partial charge in [-0.05, 0) is 60.6 Å². The summed E-state index contributed by atoms with van der Waals surface area (Å²) in [4.78, 5) is 26.3. The molecule has 1 heterocycles. The standard InChI is InChI=1S/C20H21FN4O2S/c1-2-13-3-9-17(10-4-13)25-12-14(11-18(25)26)19(27)23-24-20(28)22-16-7-5-15(21)6-8-16/h3-10,14H,2,11-12H2,1H3,(H,23,27)(H2,22,24,28)/t14-/m1/s1. The molecule has 28 heavy (non-hydrogen) atoms. The van der Waals surface area contributed by atoms with Gasteiger partial charge in [-0.3, -0.25) is 20.4 Å². The summed E-state index contributed by atoms with van der Waals surface area (Å²) in [5.41, 5.74) is 7.70. The summed E-state index contributed by atoms with van der Waals surface area (Å²) < 4.78 is 12.9. The molecule has 3 N–H and O–H groups in total. The van der Waals surface area contributed by atoms with E-state index in [0.29, 0.717) is 12.2 Å². The molecule has 1 atom stereocenters. The lowest BCUT2D eigenvalue weighted by Crippen LogP contribution is -2.46. The normalized spacial score (nSPS) is 16.0. The van der Waals surface area contributed by atoms with E-state index in [2.05, 4.69) is 23.1 Å². The third-order valence-electron chi connectivity index (χ3n) is 4.55. The second-order valence-electron chi connectivity index (χ2n) is 6.50. The molecule has 1 saturated heterocycles. The highest BCUT2D eigenvalue weighted by molar-refractivity contribution is 7.80. The van der Waals surface area contributed by atoms with E-state index in [1.165, 1.54) is 29.8 Å². The minimum atomic E-state index is -0.473. The van der Waals surface area contributed by atoms with E-state index < -0.39 is 5.92 Å². The molecule has 6 nitrogen and oxygen atoms in total. The molecule has 1 fully saturated rings. The molecule has 1 aliphatic heterocycles. The molecule has 8 heteroatoms. The van der Waals surface area contributed by atoms with Crippen molar-refractivity contribution in [2.45, 2.75) is 19.8 Å². The molecule has 2 amide bonds. The first-order valence-corrected chi connectivity index (χ1v) is 9.39. The Morgan fingerprint density at radius 1 is 1.14 bits per heavy atom. The number of nitrogens with one attached hydrogen (secondary N) is 3. The van der Waals surface area contributed by atoms with Crippen molar-refractivity contribution in [3.05, 3.63) is 59.9 Å². The molecule has 146 valence electrons. The quantitative estimate of drug-likeness (QED) is 0.544. The first-order valence-electron chi connectivity index (χ1n) is 8.98. The minimum absolute atomic E-state index is 0.0867. The van der Waals surface area contributed by atoms with Gasteiger partial charge in [0.1, 0.15) is 5.82 Å². The predicted molar refractivity (Wildman–Crippen MR) is 110 cm³/mol. The van der Waals surface area contributed by atoms with Crippen molar-refractivity contribution in [2.24, 2.45) is 5.92 Å². The molecule has 0 aromatic heterocycles. The molecule has 3 rings (SSSR count). The Morgan fingerprint density at radius 2 is 1.82 bits per heavy atom. The number of benzene rings is 2. The van der Waals surface area contributed by atoms with E-state index >= 15 is 0 Å². The zero-order valence-corrected chi connectivity index (χ0v) is 16.2. The summed E-state index contributed by atoms with van der Waals surface area (Å²) >= 11 is 5.10. The van der Waals surface area contributed by atoms with Crippen LogP contribution in [0.4, 0.5) is 15.8 Å². The maximum Gasteiger partial charge on any atom is 0.243 e. The Balaban J connectivity index is 1.51. The summed E-state index contributed by atoms with van der Waals surface area (Å²) in [7, 11) is 0. The molecule has 0 radical (unpaired) electrons. The van der Waals surface area contributed by atoms with E-state index in [4.69, 9.17) is 12.2 Å². The molecule has 2 aromatic rings. The maximum atomic E-state index is 12.9. The number of hydrogen-bond acceptors (Lipinski definition) is 3. The van der Waals surface area contributed by atoms with Crippen LogP contribution in [0, 0.1) is 11.7 Å². The third kappa shape index (κ3) is 4.83. The fourth-order valence-electron chi connectivity index (χ4n) is 2.96. The van der Waals surface area contributed by atoms with Gasteiger partial charge in [0.15, 0.2) is 5.11 Å². The van der Waals surface area contributed by atoms with Gasteiger partial charge in [-0.25, -0.2) is 4.39 Å². The van der Waals surface area contributed by atoms with Gasteiger partial charge in [0, 0.05) is 24.3 Å². The summed E-state index contributed by atoms with van der Waals surface area (Å²) in [5.74, 6) is -1.22. The summed E-state index contributed by atoms with van der Waals surface area (Å²) in [6.07, 6.45) is 1.07. The SMILES string of the molecule is CCc1ccc(N2C[C@H](C(=O)NNC(=S)Nc3ccc(F)cc3)CC2=O)cc1. The van der Waals surface area contributed by atoms with Crippen molar-refractivity contribution < 1.29 is 14.0 Å². The van der Waals surface area contributed by atoms with Crippen molar-refractivity contribution in [3.63, 3.8) is 0 Å². The van der Waals surface area contributed by atoms with Crippen LogP contribution in [0.5, 0.6) is 0 Å². The molecular formula is C20H21FN4O2S. The Hall–Kier alpha value is -3.00. The van der Waals surface area contributed by atoms with Gasteiger partial charge in [-0.1, -0.05) is 19.1 Å². The van der Waals surface area contributed by atoms with Crippen LogP contribution in [0.15, 0.2) is 48.5 Å². The van der Waals surface area contributed by atoms with Crippen LogP contribution in [0.3, 0.4) is 0 Å². The van der Waals surface area contributed by atoms with Gasteiger partial charge in [-0.15, -0.1) is 0 Å². The highest BCUT2D eigenvalue weighted by Gasteiger charge is 2.35. The van der Waals surface area contributed by atoms with Gasteiger partial charge in [0.25, 0.3) is 0 Å². The van der Waals surface area contributed by atoms with Crippen molar-refractivity contribution in [3.8, 4) is 0 Å². The first kappa shape index (κ1) is 19.8.